The number of benzene rings is 1. The van der Waals surface area contributed by atoms with Gasteiger partial charge in [0, 0.05) is 25.5 Å². The van der Waals surface area contributed by atoms with Gasteiger partial charge in [0.15, 0.2) is 0 Å². The predicted molar refractivity (Wildman–Crippen MR) is 84.5 cm³/mol. The van der Waals surface area contributed by atoms with E-state index in [1.807, 2.05) is 0 Å². The fourth-order valence-corrected chi connectivity index (χ4v) is 2.97. The summed E-state index contributed by atoms with van der Waals surface area (Å²) in [6.45, 7) is 2.25. The smallest absolute Gasteiger partial charge is 0.225 e. The van der Waals surface area contributed by atoms with Crippen LogP contribution in [0.3, 0.4) is 0 Å². The monoisotopic (exact) mass is 331 g/mol. The second kappa shape index (κ2) is 6.70. The summed E-state index contributed by atoms with van der Waals surface area (Å²) in [4.78, 5) is 10.6. The molecule has 0 amide bonds. The van der Waals surface area contributed by atoms with Crippen LogP contribution in [0.2, 0.25) is 0 Å². The van der Waals surface area contributed by atoms with Gasteiger partial charge in [0.25, 0.3) is 0 Å². The van der Waals surface area contributed by atoms with E-state index in [0.717, 1.165) is 0 Å². The van der Waals surface area contributed by atoms with Gasteiger partial charge in [-0.2, -0.15) is 0 Å². The van der Waals surface area contributed by atoms with Crippen LogP contribution in [0.25, 0.3) is 0 Å². The maximum absolute atomic E-state index is 12.9. The van der Waals surface area contributed by atoms with Crippen molar-refractivity contribution in [1.82, 2.24) is 9.97 Å². The molecule has 4 rings (SSSR count). The minimum atomic E-state index is -0.284. The SMILES string of the molecule is Fc1ccc(OC2CO[C@H]3CN(c4ncccn4)C[C@@H]3OC2)cc1. The van der Waals surface area contributed by atoms with Crippen molar-refractivity contribution in [3.05, 3.63) is 48.5 Å². The van der Waals surface area contributed by atoms with Crippen molar-refractivity contribution < 1.29 is 18.6 Å². The number of hydrogen-bond acceptors (Lipinski definition) is 6. The molecule has 126 valence electrons. The van der Waals surface area contributed by atoms with Crippen LogP contribution in [0, 0.1) is 5.82 Å². The summed E-state index contributed by atoms with van der Waals surface area (Å²) in [6, 6.07) is 7.76. The first kappa shape index (κ1) is 15.3. The van der Waals surface area contributed by atoms with Crippen LogP contribution in [0.4, 0.5) is 10.3 Å². The first-order chi connectivity index (χ1) is 11.8. The summed E-state index contributed by atoms with van der Waals surface area (Å²) in [6.07, 6.45) is 3.18. The van der Waals surface area contributed by atoms with Gasteiger partial charge in [0.05, 0.1) is 13.2 Å². The summed E-state index contributed by atoms with van der Waals surface area (Å²) >= 11 is 0. The Bertz CT molecular complexity index is 655. The standard InChI is InChI=1S/C17H18FN3O3/c18-12-2-4-13(5-3-12)24-14-10-22-15-8-21(9-16(15)23-11-14)17-19-6-1-7-20-17/h1-7,14-16H,8-11H2/t15-,16-/m0/s1. The third-order valence-corrected chi connectivity index (χ3v) is 4.16. The molecule has 0 unspecified atom stereocenters. The molecule has 2 aliphatic rings. The Kier molecular flexibility index (Phi) is 4.27. The van der Waals surface area contributed by atoms with Gasteiger partial charge in [-0.05, 0) is 30.3 Å². The molecular weight excluding hydrogens is 313 g/mol. The zero-order chi connectivity index (χ0) is 16.4. The van der Waals surface area contributed by atoms with Crippen molar-refractivity contribution in [2.75, 3.05) is 31.2 Å². The Morgan fingerprint density at radius 1 is 1.00 bits per heavy atom. The molecule has 0 aliphatic carbocycles. The predicted octanol–water partition coefficient (Wildman–Crippen LogP) is 1.67. The van der Waals surface area contributed by atoms with Crippen LogP contribution in [-0.2, 0) is 9.47 Å². The van der Waals surface area contributed by atoms with E-state index in [-0.39, 0.29) is 24.1 Å². The molecule has 2 fully saturated rings. The minimum Gasteiger partial charge on any atom is -0.486 e. The lowest BCUT2D eigenvalue weighted by Gasteiger charge is -2.19. The highest BCUT2D eigenvalue weighted by Crippen LogP contribution is 2.24. The van der Waals surface area contributed by atoms with Gasteiger partial charge in [-0.15, -0.1) is 0 Å². The highest BCUT2D eigenvalue weighted by Gasteiger charge is 2.38. The lowest BCUT2D eigenvalue weighted by atomic mass is 10.3. The Balaban J connectivity index is 1.35. The van der Waals surface area contributed by atoms with E-state index in [0.29, 0.717) is 38.0 Å². The highest BCUT2D eigenvalue weighted by molar-refractivity contribution is 5.32. The lowest BCUT2D eigenvalue weighted by molar-refractivity contribution is -0.00461. The van der Waals surface area contributed by atoms with Gasteiger partial charge in [-0.25, -0.2) is 14.4 Å². The first-order valence-electron chi connectivity index (χ1n) is 7.95. The molecule has 2 aromatic rings. The normalized spacial score (nSPS) is 24.5. The fraction of sp³-hybridized carbons (Fsp3) is 0.412. The number of aromatic nitrogens is 2. The fourth-order valence-electron chi connectivity index (χ4n) is 2.97. The van der Waals surface area contributed by atoms with E-state index in [9.17, 15) is 4.39 Å². The number of ether oxygens (including phenoxy) is 3. The third kappa shape index (κ3) is 3.32. The van der Waals surface area contributed by atoms with Crippen molar-refractivity contribution in [2.45, 2.75) is 18.3 Å². The summed E-state index contributed by atoms with van der Waals surface area (Å²) in [5.74, 6) is 1.02. The van der Waals surface area contributed by atoms with Crippen molar-refractivity contribution in [1.29, 1.82) is 0 Å². The van der Waals surface area contributed by atoms with Crippen LogP contribution in [-0.4, -0.2) is 54.6 Å². The Morgan fingerprint density at radius 2 is 1.62 bits per heavy atom. The van der Waals surface area contributed by atoms with Crippen molar-refractivity contribution in [3.8, 4) is 5.75 Å². The first-order valence-corrected chi connectivity index (χ1v) is 7.95. The molecule has 0 bridgehead atoms. The average molecular weight is 331 g/mol. The maximum atomic E-state index is 12.9. The molecular formula is C17H18FN3O3. The average Bonchev–Trinajstić information content (AvgIpc) is 2.94. The molecule has 7 heteroatoms. The minimum absolute atomic E-state index is 0.0318. The number of rotatable bonds is 3. The van der Waals surface area contributed by atoms with Crippen LogP contribution in [0.5, 0.6) is 5.75 Å². The van der Waals surface area contributed by atoms with Crippen molar-refractivity contribution >= 4 is 5.95 Å². The zero-order valence-electron chi connectivity index (χ0n) is 13.0. The molecule has 2 atom stereocenters. The van der Waals surface area contributed by atoms with E-state index in [1.165, 1.54) is 12.1 Å². The molecule has 24 heavy (non-hydrogen) atoms. The number of anilines is 1. The number of nitrogens with zero attached hydrogens (tertiary/aromatic N) is 3. The second-order valence-corrected chi connectivity index (χ2v) is 5.89. The van der Waals surface area contributed by atoms with Crippen LogP contribution in [0.1, 0.15) is 0 Å². The van der Waals surface area contributed by atoms with Crippen LogP contribution >= 0.6 is 0 Å². The summed E-state index contributed by atoms with van der Waals surface area (Å²) in [5, 5.41) is 0. The Hall–Kier alpha value is -2.25. The Labute approximate surface area is 139 Å². The maximum Gasteiger partial charge on any atom is 0.225 e. The molecule has 1 aromatic carbocycles. The molecule has 6 nitrogen and oxygen atoms in total. The molecule has 0 spiro atoms. The summed E-state index contributed by atoms with van der Waals surface area (Å²) in [5.41, 5.74) is 0. The highest BCUT2D eigenvalue weighted by atomic mass is 19.1. The second-order valence-electron chi connectivity index (χ2n) is 5.89. The van der Waals surface area contributed by atoms with Crippen molar-refractivity contribution in [3.63, 3.8) is 0 Å². The van der Waals surface area contributed by atoms with Gasteiger partial charge >= 0.3 is 0 Å². The molecule has 1 aromatic heterocycles. The molecule has 0 radical (unpaired) electrons. The Morgan fingerprint density at radius 3 is 2.25 bits per heavy atom. The van der Waals surface area contributed by atoms with Crippen molar-refractivity contribution in [2.24, 2.45) is 0 Å². The van der Waals surface area contributed by atoms with Crippen LogP contribution in [0.15, 0.2) is 42.7 Å². The molecule has 0 saturated carbocycles. The zero-order valence-corrected chi connectivity index (χ0v) is 13.0. The quantitative estimate of drug-likeness (QED) is 0.853. The van der Waals surface area contributed by atoms with E-state index in [2.05, 4.69) is 14.9 Å². The molecule has 2 saturated heterocycles. The third-order valence-electron chi connectivity index (χ3n) is 4.16. The topological polar surface area (TPSA) is 56.7 Å². The summed E-state index contributed by atoms with van der Waals surface area (Å²) < 4.78 is 30.7. The summed E-state index contributed by atoms with van der Waals surface area (Å²) in [7, 11) is 0. The number of fused-ring (bicyclic) bond motifs is 1. The molecule has 2 aliphatic heterocycles. The molecule has 3 heterocycles. The van der Waals surface area contributed by atoms with Gasteiger partial charge in [-0.1, -0.05) is 0 Å². The van der Waals surface area contributed by atoms with E-state index in [1.54, 1.807) is 30.6 Å². The van der Waals surface area contributed by atoms with E-state index < -0.39 is 0 Å². The van der Waals surface area contributed by atoms with E-state index in [4.69, 9.17) is 14.2 Å². The number of halogens is 1. The van der Waals surface area contributed by atoms with Gasteiger partial charge in [-0.3, -0.25) is 0 Å². The van der Waals surface area contributed by atoms with Gasteiger partial charge in [0.2, 0.25) is 5.95 Å². The van der Waals surface area contributed by atoms with Crippen LogP contribution < -0.4 is 9.64 Å². The molecule has 0 N–H and O–H groups in total. The largest absolute Gasteiger partial charge is 0.486 e. The lowest BCUT2D eigenvalue weighted by Crippen LogP contribution is -2.30. The van der Waals surface area contributed by atoms with Gasteiger partial charge < -0.3 is 19.1 Å². The van der Waals surface area contributed by atoms with E-state index >= 15 is 0 Å². The number of hydrogen-bond donors (Lipinski definition) is 0. The van der Waals surface area contributed by atoms with Gasteiger partial charge in [0.1, 0.15) is 29.9 Å².